The fourth-order valence-corrected chi connectivity index (χ4v) is 6.44. The molecule has 5 aromatic rings. The molecule has 0 N–H and O–H groups in total. The van der Waals surface area contributed by atoms with Crippen molar-refractivity contribution >= 4 is 39.2 Å². The van der Waals surface area contributed by atoms with Gasteiger partial charge in [-0.05, 0) is 72.5 Å². The second-order valence-electron chi connectivity index (χ2n) is 10.6. The Hall–Kier alpha value is -4.29. The van der Waals surface area contributed by atoms with E-state index in [1.54, 1.807) is 67.4 Å². The van der Waals surface area contributed by atoms with Gasteiger partial charge in [-0.2, -0.15) is 0 Å². The smallest absolute Gasteiger partial charge is 0.174 e. The van der Waals surface area contributed by atoms with Crippen molar-refractivity contribution in [3.8, 4) is 39.8 Å². The fraction of sp³-hybridized carbons (Fsp3) is 0.250. The lowest BCUT2D eigenvalue weighted by Gasteiger charge is -2.23. The van der Waals surface area contributed by atoms with E-state index in [9.17, 15) is 4.39 Å². The van der Waals surface area contributed by atoms with Gasteiger partial charge in [-0.1, -0.05) is 39.8 Å². The van der Waals surface area contributed by atoms with Gasteiger partial charge in [0, 0.05) is 41.5 Å². The minimum Gasteiger partial charge on any atom is -0.494 e. The highest BCUT2D eigenvalue weighted by Gasteiger charge is 2.21. The quantitative estimate of drug-likeness (QED) is 0.0602. The lowest BCUT2D eigenvalue weighted by atomic mass is 10.0. The van der Waals surface area contributed by atoms with Crippen LogP contribution >= 0.6 is 27.7 Å². The van der Waals surface area contributed by atoms with Crippen LogP contribution in [0, 0.1) is 17.5 Å². The van der Waals surface area contributed by atoms with Gasteiger partial charge in [0.15, 0.2) is 28.2 Å². The molecular weight excluding hydrogens is 707 g/mol. The SMILES string of the molecule is COc1cc(-n2c(N(C)c3ccc(OC)c(OC)c3)cnc2SCc2c(F)cc(-c3ccc(OCCCCBr)cc3)cc2F)ccc1F. The Kier molecular flexibility index (Phi) is 11.8. The topological polar surface area (TPSA) is 58.0 Å². The first kappa shape index (κ1) is 35.0. The normalized spacial score (nSPS) is 11.0. The van der Waals surface area contributed by atoms with Crippen molar-refractivity contribution < 1.29 is 32.1 Å². The minimum atomic E-state index is -0.670. The summed E-state index contributed by atoms with van der Waals surface area (Å²) in [5.74, 6) is 0.534. The zero-order chi connectivity index (χ0) is 34.2. The summed E-state index contributed by atoms with van der Waals surface area (Å²) in [5, 5.41) is 1.35. The van der Waals surface area contributed by atoms with E-state index in [0.29, 0.717) is 51.6 Å². The monoisotopic (exact) mass is 741 g/mol. The molecule has 12 heteroatoms. The predicted octanol–water partition coefficient (Wildman–Crippen LogP) is 9.60. The van der Waals surface area contributed by atoms with E-state index in [1.165, 1.54) is 25.3 Å². The zero-order valence-corrected chi connectivity index (χ0v) is 29.3. The zero-order valence-electron chi connectivity index (χ0n) is 26.9. The number of hydrogen-bond acceptors (Lipinski definition) is 7. The second-order valence-corrected chi connectivity index (χ2v) is 12.4. The van der Waals surface area contributed by atoms with Crippen molar-refractivity contribution in [1.82, 2.24) is 9.55 Å². The van der Waals surface area contributed by atoms with E-state index in [2.05, 4.69) is 20.9 Å². The van der Waals surface area contributed by atoms with E-state index >= 15 is 8.78 Å². The maximum Gasteiger partial charge on any atom is 0.174 e. The van der Waals surface area contributed by atoms with Crippen molar-refractivity contribution in [2.45, 2.75) is 23.8 Å². The molecule has 1 aromatic heterocycles. The molecule has 0 spiro atoms. The molecule has 0 bridgehead atoms. The number of imidazole rings is 1. The molecule has 0 unspecified atom stereocenters. The third kappa shape index (κ3) is 7.87. The molecule has 0 fully saturated rings. The number of anilines is 2. The highest BCUT2D eigenvalue weighted by atomic mass is 79.9. The van der Waals surface area contributed by atoms with Crippen LogP contribution in [0.5, 0.6) is 23.0 Å². The number of hydrogen-bond donors (Lipinski definition) is 0. The van der Waals surface area contributed by atoms with E-state index in [0.717, 1.165) is 35.6 Å². The van der Waals surface area contributed by atoms with Crippen molar-refractivity contribution in [2.24, 2.45) is 0 Å². The van der Waals surface area contributed by atoms with Crippen LogP contribution in [-0.2, 0) is 5.75 Å². The number of rotatable bonds is 15. The van der Waals surface area contributed by atoms with Crippen LogP contribution in [-0.4, -0.2) is 49.9 Å². The van der Waals surface area contributed by atoms with Gasteiger partial charge in [-0.15, -0.1) is 0 Å². The number of ether oxygens (including phenoxy) is 4. The van der Waals surface area contributed by atoms with Gasteiger partial charge in [0.05, 0.1) is 39.8 Å². The molecule has 0 aliphatic heterocycles. The lowest BCUT2D eigenvalue weighted by molar-refractivity contribution is 0.310. The van der Waals surface area contributed by atoms with E-state index in [1.807, 2.05) is 24.1 Å². The number of nitrogens with zero attached hydrogens (tertiary/aromatic N) is 3. The van der Waals surface area contributed by atoms with Crippen molar-refractivity contribution in [2.75, 3.05) is 45.2 Å². The van der Waals surface area contributed by atoms with Gasteiger partial charge in [-0.3, -0.25) is 4.57 Å². The summed E-state index contributed by atoms with van der Waals surface area (Å²) in [7, 11) is 6.33. The number of alkyl halides is 1. The van der Waals surface area contributed by atoms with Crippen molar-refractivity contribution in [3.63, 3.8) is 0 Å². The summed E-state index contributed by atoms with van der Waals surface area (Å²) < 4.78 is 69.0. The molecule has 1 heterocycles. The van der Waals surface area contributed by atoms with Crippen LogP contribution in [0.15, 0.2) is 84.1 Å². The fourth-order valence-electron chi connectivity index (χ4n) is 5.04. The summed E-state index contributed by atoms with van der Waals surface area (Å²) in [6.07, 6.45) is 3.58. The van der Waals surface area contributed by atoms with Crippen LogP contribution in [0.4, 0.5) is 24.7 Å². The van der Waals surface area contributed by atoms with Gasteiger partial charge in [0.1, 0.15) is 23.2 Å². The number of thioether (sulfide) groups is 1. The highest BCUT2D eigenvalue weighted by molar-refractivity contribution is 9.09. The summed E-state index contributed by atoms with van der Waals surface area (Å²) in [4.78, 5) is 6.47. The van der Waals surface area contributed by atoms with Crippen LogP contribution in [0.25, 0.3) is 16.8 Å². The maximum absolute atomic E-state index is 15.5. The molecule has 48 heavy (non-hydrogen) atoms. The van der Waals surface area contributed by atoms with Gasteiger partial charge in [0.2, 0.25) is 0 Å². The molecule has 0 saturated heterocycles. The standard InChI is InChI=1S/C36H35BrF3N3O4S/c1-42(25-10-14-32(44-2)34(19-25)46-4)35-21-41-36(43(35)26-9-13-29(38)33(20-26)45-3)48-22-28-30(39)17-24(18-31(28)40)23-7-11-27(12-8-23)47-16-6-5-15-37/h7-14,17-21H,5-6,15-16,22H2,1-4H3. The first-order chi connectivity index (χ1) is 23.3. The number of benzene rings is 4. The Bertz CT molecular complexity index is 1830. The van der Waals surface area contributed by atoms with Gasteiger partial charge < -0.3 is 23.8 Å². The summed E-state index contributed by atoms with van der Waals surface area (Å²) in [5.41, 5.74) is 2.30. The van der Waals surface area contributed by atoms with E-state index < -0.39 is 17.5 Å². The molecule has 0 saturated carbocycles. The Morgan fingerprint density at radius 2 is 1.48 bits per heavy atom. The molecule has 0 amide bonds. The van der Waals surface area contributed by atoms with Crippen LogP contribution in [0.2, 0.25) is 0 Å². The molecule has 252 valence electrons. The van der Waals surface area contributed by atoms with Crippen molar-refractivity contribution in [1.29, 1.82) is 0 Å². The Balaban J connectivity index is 1.43. The molecule has 7 nitrogen and oxygen atoms in total. The van der Waals surface area contributed by atoms with Crippen molar-refractivity contribution in [3.05, 3.63) is 102 Å². The van der Waals surface area contributed by atoms with E-state index in [4.69, 9.17) is 18.9 Å². The maximum atomic E-state index is 15.5. The average Bonchev–Trinajstić information content (AvgIpc) is 3.53. The highest BCUT2D eigenvalue weighted by Crippen LogP contribution is 2.38. The van der Waals surface area contributed by atoms with Crippen LogP contribution in [0.1, 0.15) is 18.4 Å². The average molecular weight is 743 g/mol. The Labute approximate surface area is 290 Å². The largest absolute Gasteiger partial charge is 0.494 e. The predicted molar refractivity (Wildman–Crippen MR) is 188 cm³/mol. The molecular formula is C36H35BrF3N3O4S. The lowest BCUT2D eigenvalue weighted by Crippen LogP contribution is -2.14. The van der Waals surface area contributed by atoms with Gasteiger partial charge in [0.25, 0.3) is 0 Å². The molecule has 0 aliphatic carbocycles. The first-order valence-electron chi connectivity index (χ1n) is 15.0. The number of aromatic nitrogens is 2. The molecule has 0 atom stereocenters. The molecule has 0 radical (unpaired) electrons. The van der Waals surface area contributed by atoms with Crippen LogP contribution < -0.4 is 23.8 Å². The van der Waals surface area contributed by atoms with Gasteiger partial charge in [-0.25, -0.2) is 18.2 Å². The van der Waals surface area contributed by atoms with Crippen LogP contribution in [0.3, 0.4) is 0 Å². The van der Waals surface area contributed by atoms with E-state index in [-0.39, 0.29) is 17.1 Å². The summed E-state index contributed by atoms with van der Waals surface area (Å²) >= 11 is 4.55. The third-order valence-electron chi connectivity index (χ3n) is 7.67. The summed E-state index contributed by atoms with van der Waals surface area (Å²) in [6, 6.07) is 19.7. The first-order valence-corrected chi connectivity index (χ1v) is 17.2. The molecule has 5 rings (SSSR count). The Morgan fingerprint density at radius 3 is 2.15 bits per heavy atom. The Morgan fingerprint density at radius 1 is 0.771 bits per heavy atom. The number of methoxy groups -OCH3 is 3. The second kappa shape index (κ2) is 16.2. The number of unbranched alkanes of at least 4 members (excludes halogenated alkanes) is 1. The molecule has 4 aromatic carbocycles. The minimum absolute atomic E-state index is 0.0406. The summed E-state index contributed by atoms with van der Waals surface area (Å²) in [6.45, 7) is 0.599. The number of halogens is 4. The third-order valence-corrected chi connectivity index (χ3v) is 9.21. The van der Waals surface area contributed by atoms with Gasteiger partial charge >= 0.3 is 0 Å². The molecule has 0 aliphatic rings.